The van der Waals surface area contributed by atoms with Gasteiger partial charge in [-0.1, -0.05) is 0 Å². The van der Waals surface area contributed by atoms with Crippen LogP contribution in [0.25, 0.3) is 0 Å². The number of aromatic carboxylic acids is 1. The number of hydrogen-bond acceptors (Lipinski definition) is 4. The van der Waals surface area contributed by atoms with Crippen LogP contribution in [0.1, 0.15) is 10.4 Å². The minimum atomic E-state index is -2.76. The first-order chi connectivity index (χ1) is 8.47. The molecule has 1 aromatic heterocycles. The van der Waals surface area contributed by atoms with E-state index in [0.717, 1.165) is 17.2 Å². The van der Waals surface area contributed by atoms with Crippen molar-refractivity contribution in [2.45, 2.75) is 6.43 Å². The zero-order valence-corrected chi connectivity index (χ0v) is 9.18. The monoisotopic (exact) mass is 264 g/mol. The van der Waals surface area contributed by atoms with Crippen molar-refractivity contribution in [1.82, 2.24) is 4.98 Å². The molecule has 18 heavy (non-hydrogen) atoms. The van der Waals surface area contributed by atoms with Crippen LogP contribution in [0, 0.1) is 5.82 Å². The predicted octanol–water partition coefficient (Wildman–Crippen LogP) is 0.983. The molecule has 0 aromatic carbocycles. The maximum absolute atomic E-state index is 13.7. The molecule has 8 heteroatoms. The van der Waals surface area contributed by atoms with E-state index in [1.165, 1.54) is 0 Å². The van der Waals surface area contributed by atoms with Crippen molar-refractivity contribution >= 4 is 11.8 Å². The highest BCUT2D eigenvalue weighted by Crippen LogP contribution is 2.20. The van der Waals surface area contributed by atoms with Crippen LogP contribution in [0.5, 0.6) is 0 Å². The number of alkyl halides is 2. The lowest BCUT2D eigenvalue weighted by molar-refractivity contribution is 0.0691. The fourth-order valence-electron chi connectivity index (χ4n) is 1.39. The summed E-state index contributed by atoms with van der Waals surface area (Å²) in [5, 5.41) is 17.4. The van der Waals surface area contributed by atoms with Gasteiger partial charge in [-0.15, -0.1) is 0 Å². The predicted molar refractivity (Wildman–Crippen MR) is 56.5 cm³/mol. The molecule has 1 heterocycles. The number of carboxylic acid groups (broad SMARTS) is 1. The highest BCUT2D eigenvalue weighted by molar-refractivity contribution is 5.88. The average molecular weight is 264 g/mol. The molecule has 0 spiro atoms. The molecule has 5 nitrogen and oxygen atoms in total. The summed E-state index contributed by atoms with van der Waals surface area (Å²) in [6.45, 7) is -1.59. The zero-order chi connectivity index (χ0) is 13.7. The van der Waals surface area contributed by atoms with Crippen molar-refractivity contribution in [2.24, 2.45) is 0 Å². The number of nitrogens with zero attached hydrogens (tertiary/aromatic N) is 2. The summed E-state index contributed by atoms with van der Waals surface area (Å²) in [4.78, 5) is 15.0. The molecule has 0 aliphatic heterocycles. The number of aromatic nitrogens is 1. The smallest absolute Gasteiger partial charge is 0.338 e. The third-order valence-electron chi connectivity index (χ3n) is 2.13. The summed E-state index contributed by atoms with van der Waals surface area (Å²) in [6.07, 6.45) is -1.75. The standard InChI is InChI=1S/C10H11F3N2O3/c11-7(12)5-15(3-4-16)9-8(13)6(10(17)18)1-2-14-9/h1-2,7,16H,3-5H2,(H,17,18). The number of aliphatic hydroxyl groups excluding tert-OH is 1. The molecule has 1 rings (SSSR count). The van der Waals surface area contributed by atoms with Gasteiger partial charge in [0.25, 0.3) is 6.43 Å². The number of pyridine rings is 1. The van der Waals surface area contributed by atoms with Gasteiger partial charge in [0.05, 0.1) is 13.2 Å². The minimum absolute atomic E-state index is 0.267. The molecule has 100 valence electrons. The largest absolute Gasteiger partial charge is 0.478 e. The number of halogens is 3. The Labute approximate surface area is 100 Å². The third kappa shape index (κ3) is 3.33. The van der Waals surface area contributed by atoms with Gasteiger partial charge in [-0.25, -0.2) is 22.9 Å². The molecule has 0 atom stereocenters. The number of anilines is 1. The number of carboxylic acids is 1. The van der Waals surface area contributed by atoms with Crippen LogP contribution in [0.3, 0.4) is 0 Å². The normalized spacial score (nSPS) is 10.7. The number of rotatable bonds is 6. The summed E-state index contributed by atoms with van der Waals surface area (Å²) in [6, 6.07) is 0.931. The molecule has 0 bridgehead atoms. The fourth-order valence-corrected chi connectivity index (χ4v) is 1.39. The first kappa shape index (κ1) is 14.2. The van der Waals surface area contributed by atoms with Gasteiger partial charge in [0.15, 0.2) is 11.6 Å². The van der Waals surface area contributed by atoms with E-state index < -0.39 is 42.7 Å². The Morgan fingerprint density at radius 1 is 1.50 bits per heavy atom. The Hall–Kier alpha value is -1.83. The van der Waals surface area contributed by atoms with Crippen molar-refractivity contribution in [3.8, 4) is 0 Å². The van der Waals surface area contributed by atoms with Gasteiger partial charge in [-0.05, 0) is 6.07 Å². The first-order valence-electron chi connectivity index (χ1n) is 4.99. The van der Waals surface area contributed by atoms with Gasteiger partial charge in [-0.2, -0.15) is 0 Å². The van der Waals surface area contributed by atoms with Gasteiger partial charge in [0.2, 0.25) is 0 Å². The summed E-state index contributed by atoms with van der Waals surface area (Å²) >= 11 is 0. The molecular weight excluding hydrogens is 253 g/mol. The average Bonchev–Trinajstić information content (AvgIpc) is 2.27. The van der Waals surface area contributed by atoms with Crippen molar-refractivity contribution in [1.29, 1.82) is 0 Å². The van der Waals surface area contributed by atoms with Crippen LogP contribution < -0.4 is 4.90 Å². The van der Waals surface area contributed by atoms with Crippen LogP contribution >= 0.6 is 0 Å². The van der Waals surface area contributed by atoms with Gasteiger partial charge in [0, 0.05) is 12.7 Å². The van der Waals surface area contributed by atoms with Gasteiger partial charge in [0.1, 0.15) is 5.56 Å². The molecule has 0 saturated heterocycles. The maximum Gasteiger partial charge on any atom is 0.338 e. The molecule has 0 aliphatic carbocycles. The van der Waals surface area contributed by atoms with Crippen molar-refractivity contribution in [3.05, 3.63) is 23.6 Å². The lowest BCUT2D eigenvalue weighted by Crippen LogP contribution is -2.33. The first-order valence-corrected chi connectivity index (χ1v) is 4.99. The molecule has 0 aliphatic rings. The quantitative estimate of drug-likeness (QED) is 0.801. The second kappa shape index (κ2) is 6.20. The third-order valence-corrected chi connectivity index (χ3v) is 2.13. The fraction of sp³-hybridized carbons (Fsp3) is 0.400. The van der Waals surface area contributed by atoms with Crippen molar-refractivity contribution in [2.75, 3.05) is 24.6 Å². The molecule has 0 radical (unpaired) electrons. The van der Waals surface area contributed by atoms with Crippen LogP contribution in [-0.2, 0) is 0 Å². The van der Waals surface area contributed by atoms with Gasteiger partial charge >= 0.3 is 5.97 Å². The van der Waals surface area contributed by atoms with Crippen LogP contribution in [0.4, 0.5) is 19.0 Å². The Morgan fingerprint density at radius 2 is 2.17 bits per heavy atom. The van der Waals surface area contributed by atoms with Crippen molar-refractivity contribution in [3.63, 3.8) is 0 Å². The van der Waals surface area contributed by atoms with Crippen LogP contribution in [0.15, 0.2) is 12.3 Å². The molecule has 0 amide bonds. The van der Waals surface area contributed by atoms with Gasteiger partial charge < -0.3 is 15.1 Å². The second-order valence-electron chi connectivity index (χ2n) is 3.36. The Bertz CT molecular complexity index is 429. The minimum Gasteiger partial charge on any atom is -0.478 e. The summed E-state index contributed by atoms with van der Waals surface area (Å²) in [7, 11) is 0. The molecule has 0 unspecified atom stereocenters. The molecule has 0 saturated carbocycles. The Balaban J connectivity index is 3.11. The summed E-state index contributed by atoms with van der Waals surface area (Å²) < 4.78 is 38.3. The summed E-state index contributed by atoms with van der Waals surface area (Å²) in [5.74, 6) is -3.22. The zero-order valence-electron chi connectivity index (χ0n) is 9.18. The topological polar surface area (TPSA) is 73.7 Å². The molecule has 1 aromatic rings. The summed E-state index contributed by atoms with van der Waals surface area (Å²) in [5.41, 5.74) is -0.655. The van der Waals surface area contributed by atoms with E-state index in [4.69, 9.17) is 10.2 Å². The highest BCUT2D eigenvalue weighted by Gasteiger charge is 2.21. The van der Waals surface area contributed by atoms with Gasteiger partial charge in [-0.3, -0.25) is 0 Å². The van der Waals surface area contributed by atoms with Crippen molar-refractivity contribution < 1.29 is 28.2 Å². The second-order valence-corrected chi connectivity index (χ2v) is 3.36. The number of aliphatic hydroxyl groups is 1. The lowest BCUT2D eigenvalue weighted by atomic mass is 10.2. The Kier molecular flexibility index (Phi) is 4.90. The van der Waals surface area contributed by atoms with E-state index in [1.807, 2.05) is 0 Å². The number of hydrogen-bond donors (Lipinski definition) is 2. The Morgan fingerprint density at radius 3 is 2.67 bits per heavy atom. The molecular formula is C10H11F3N2O3. The lowest BCUT2D eigenvalue weighted by Gasteiger charge is -2.22. The number of carbonyl (C=O) groups is 1. The SMILES string of the molecule is O=C(O)c1ccnc(N(CCO)CC(F)F)c1F. The maximum atomic E-state index is 13.7. The van der Waals surface area contributed by atoms with Crippen LogP contribution in [0.2, 0.25) is 0 Å². The van der Waals surface area contributed by atoms with Crippen LogP contribution in [-0.4, -0.2) is 47.3 Å². The van der Waals surface area contributed by atoms with E-state index in [9.17, 15) is 18.0 Å². The van der Waals surface area contributed by atoms with E-state index in [2.05, 4.69) is 4.98 Å². The van der Waals surface area contributed by atoms with E-state index in [-0.39, 0.29) is 6.54 Å². The van der Waals surface area contributed by atoms with E-state index in [0.29, 0.717) is 0 Å². The van der Waals surface area contributed by atoms with E-state index in [1.54, 1.807) is 0 Å². The molecule has 2 N–H and O–H groups in total. The molecule has 0 fully saturated rings. The highest BCUT2D eigenvalue weighted by atomic mass is 19.3. The van der Waals surface area contributed by atoms with E-state index >= 15 is 0 Å².